The summed E-state index contributed by atoms with van der Waals surface area (Å²) in [5.41, 5.74) is 3.80. The minimum Gasteiger partial charge on any atom is -0.481 e. The third-order valence-corrected chi connectivity index (χ3v) is 3.94. The molecule has 1 aromatic carbocycles. The van der Waals surface area contributed by atoms with Crippen molar-refractivity contribution in [2.24, 2.45) is 0 Å². The highest BCUT2D eigenvalue weighted by atomic mass is 16.5. The number of benzene rings is 1. The summed E-state index contributed by atoms with van der Waals surface area (Å²) >= 11 is 0. The van der Waals surface area contributed by atoms with Gasteiger partial charge in [-0.15, -0.1) is 0 Å². The first-order chi connectivity index (χ1) is 13.1. The molecule has 0 saturated carbocycles. The summed E-state index contributed by atoms with van der Waals surface area (Å²) in [5, 5.41) is 13.6. The largest absolute Gasteiger partial charge is 0.481 e. The number of pyridine rings is 1. The van der Waals surface area contributed by atoms with Gasteiger partial charge in [-0.25, -0.2) is 9.67 Å². The molecular weight excluding hydrogens is 344 g/mol. The fraction of sp³-hybridized carbons (Fsp3) is 0.200. The standard InChI is InChI=1S/C20H18N4O3/c1-14(25)27-10-9-15-3-5-16(6-4-15)19-11-17(12-21)23-24(19)18-7-8-20(26-2)22-13-18/h3-8,11,13H,9-10H2,1-2H3. The molecule has 0 aliphatic carbocycles. The summed E-state index contributed by atoms with van der Waals surface area (Å²) in [7, 11) is 1.55. The minimum atomic E-state index is -0.285. The van der Waals surface area contributed by atoms with E-state index in [9.17, 15) is 10.1 Å². The van der Waals surface area contributed by atoms with E-state index in [1.54, 1.807) is 30.1 Å². The lowest BCUT2D eigenvalue weighted by Crippen LogP contribution is -2.03. The molecule has 0 saturated heterocycles. The van der Waals surface area contributed by atoms with Crippen LogP contribution in [0.2, 0.25) is 0 Å². The molecule has 0 amide bonds. The van der Waals surface area contributed by atoms with Crippen LogP contribution in [0.25, 0.3) is 16.9 Å². The van der Waals surface area contributed by atoms with E-state index in [1.165, 1.54) is 6.92 Å². The first-order valence-corrected chi connectivity index (χ1v) is 8.34. The lowest BCUT2D eigenvalue weighted by Gasteiger charge is -2.09. The Labute approximate surface area is 156 Å². The number of aromatic nitrogens is 3. The van der Waals surface area contributed by atoms with Crippen LogP contribution in [0, 0.1) is 11.3 Å². The fourth-order valence-electron chi connectivity index (χ4n) is 2.61. The topological polar surface area (TPSA) is 90.0 Å². The van der Waals surface area contributed by atoms with Gasteiger partial charge in [-0.05, 0) is 11.6 Å². The Morgan fingerprint density at radius 2 is 2.00 bits per heavy atom. The molecule has 0 N–H and O–H groups in total. The molecule has 136 valence electrons. The van der Waals surface area contributed by atoms with Crippen LogP contribution < -0.4 is 4.74 Å². The summed E-state index contributed by atoms with van der Waals surface area (Å²) in [4.78, 5) is 15.0. The highest BCUT2D eigenvalue weighted by Gasteiger charge is 2.12. The summed E-state index contributed by atoms with van der Waals surface area (Å²) < 4.78 is 11.7. The highest BCUT2D eigenvalue weighted by Crippen LogP contribution is 2.25. The molecule has 0 atom stereocenters. The van der Waals surface area contributed by atoms with Crippen molar-refractivity contribution in [3.05, 3.63) is 59.9 Å². The molecule has 0 bridgehead atoms. The van der Waals surface area contributed by atoms with E-state index in [2.05, 4.69) is 16.2 Å². The van der Waals surface area contributed by atoms with Crippen molar-refractivity contribution < 1.29 is 14.3 Å². The van der Waals surface area contributed by atoms with Crippen molar-refractivity contribution >= 4 is 5.97 Å². The summed E-state index contributed by atoms with van der Waals surface area (Å²) in [6, 6.07) is 15.2. The third-order valence-electron chi connectivity index (χ3n) is 3.94. The molecule has 3 aromatic rings. The SMILES string of the molecule is COc1ccc(-n2nc(C#N)cc2-c2ccc(CCOC(C)=O)cc2)cn1. The van der Waals surface area contributed by atoms with Gasteiger partial charge < -0.3 is 9.47 Å². The van der Waals surface area contributed by atoms with Crippen LogP contribution in [0.3, 0.4) is 0 Å². The second kappa shape index (κ2) is 8.15. The van der Waals surface area contributed by atoms with E-state index >= 15 is 0 Å². The van der Waals surface area contributed by atoms with Gasteiger partial charge in [-0.3, -0.25) is 4.79 Å². The second-order valence-corrected chi connectivity index (χ2v) is 5.78. The lowest BCUT2D eigenvalue weighted by atomic mass is 10.1. The molecule has 7 heteroatoms. The summed E-state index contributed by atoms with van der Waals surface area (Å²) in [5.74, 6) is 0.220. The Kier molecular flexibility index (Phi) is 5.47. The van der Waals surface area contributed by atoms with E-state index in [-0.39, 0.29) is 5.97 Å². The fourth-order valence-corrected chi connectivity index (χ4v) is 2.61. The predicted octanol–water partition coefficient (Wildman–Crippen LogP) is 2.92. The van der Waals surface area contributed by atoms with Crippen LogP contribution in [0.4, 0.5) is 0 Å². The molecule has 2 heterocycles. The number of carbonyl (C=O) groups is 1. The van der Waals surface area contributed by atoms with Crippen molar-refractivity contribution in [1.82, 2.24) is 14.8 Å². The number of rotatable bonds is 6. The number of methoxy groups -OCH3 is 1. The molecular formula is C20H18N4O3. The van der Waals surface area contributed by atoms with Gasteiger partial charge in [0, 0.05) is 31.0 Å². The Balaban J connectivity index is 1.88. The van der Waals surface area contributed by atoms with Crippen molar-refractivity contribution in [2.45, 2.75) is 13.3 Å². The van der Waals surface area contributed by atoms with Crippen LogP contribution >= 0.6 is 0 Å². The molecule has 2 aromatic heterocycles. The van der Waals surface area contributed by atoms with Crippen LogP contribution in [0.1, 0.15) is 18.2 Å². The Morgan fingerprint density at radius 3 is 2.59 bits per heavy atom. The highest BCUT2D eigenvalue weighted by molar-refractivity contribution is 5.66. The van der Waals surface area contributed by atoms with Gasteiger partial charge in [-0.1, -0.05) is 24.3 Å². The van der Waals surface area contributed by atoms with E-state index < -0.39 is 0 Å². The Hall–Kier alpha value is -3.66. The molecule has 0 radical (unpaired) electrons. The first-order valence-electron chi connectivity index (χ1n) is 8.34. The smallest absolute Gasteiger partial charge is 0.302 e. The van der Waals surface area contributed by atoms with Crippen molar-refractivity contribution in [3.8, 4) is 28.9 Å². The van der Waals surface area contributed by atoms with E-state index in [4.69, 9.17) is 9.47 Å². The van der Waals surface area contributed by atoms with Crippen molar-refractivity contribution in [3.63, 3.8) is 0 Å². The monoisotopic (exact) mass is 362 g/mol. The van der Waals surface area contributed by atoms with E-state index in [1.807, 2.05) is 30.3 Å². The molecule has 27 heavy (non-hydrogen) atoms. The number of nitrogens with zero attached hydrogens (tertiary/aromatic N) is 4. The van der Waals surface area contributed by atoms with Gasteiger partial charge in [0.2, 0.25) is 5.88 Å². The molecule has 0 aliphatic rings. The molecule has 0 spiro atoms. The van der Waals surface area contributed by atoms with Crippen molar-refractivity contribution in [2.75, 3.05) is 13.7 Å². The Morgan fingerprint density at radius 1 is 1.22 bits per heavy atom. The molecule has 3 rings (SSSR count). The average molecular weight is 362 g/mol. The number of esters is 1. The number of nitriles is 1. The van der Waals surface area contributed by atoms with Crippen LogP contribution in [-0.2, 0) is 16.0 Å². The quantitative estimate of drug-likeness (QED) is 0.626. The van der Waals surface area contributed by atoms with Crippen LogP contribution in [0.5, 0.6) is 5.88 Å². The summed E-state index contributed by atoms with van der Waals surface area (Å²) in [6.07, 6.45) is 2.29. The second-order valence-electron chi connectivity index (χ2n) is 5.78. The van der Waals surface area contributed by atoms with Gasteiger partial charge >= 0.3 is 5.97 Å². The van der Waals surface area contributed by atoms with E-state index in [0.717, 1.165) is 22.5 Å². The van der Waals surface area contributed by atoms with Gasteiger partial charge in [-0.2, -0.15) is 10.4 Å². The molecule has 0 aliphatic heterocycles. The number of hydrogen-bond donors (Lipinski definition) is 0. The van der Waals surface area contributed by atoms with E-state index in [0.29, 0.717) is 24.6 Å². The van der Waals surface area contributed by atoms with Gasteiger partial charge in [0.1, 0.15) is 6.07 Å². The van der Waals surface area contributed by atoms with Gasteiger partial charge in [0.05, 0.1) is 31.3 Å². The maximum absolute atomic E-state index is 10.8. The van der Waals surface area contributed by atoms with Crippen LogP contribution in [-0.4, -0.2) is 34.5 Å². The minimum absolute atomic E-state index is 0.285. The summed E-state index contributed by atoms with van der Waals surface area (Å²) in [6.45, 7) is 1.74. The molecule has 0 fully saturated rings. The number of carbonyl (C=O) groups excluding carboxylic acids is 1. The van der Waals surface area contributed by atoms with Crippen molar-refractivity contribution in [1.29, 1.82) is 5.26 Å². The zero-order valence-corrected chi connectivity index (χ0v) is 15.0. The zero-order chi connectivity index (χ0) is 19.2. The lowest BCUT2D eigenvalue weighted by molar-refractivity contribution is -0.140. The number of hydrogen-bond acceptors (Lipinski definition) is 6. The average Bonchev–Trinajstić information content (AvgIpc) is 3.13. The molecule has 7 nitrogen and oxygen atoms in total. The molecule has 0 unspecified atom stereocenters. The third kappa shape index (κ3) is 4.30. The normalized spacial score (nSPS) is 10.3. The van der Waals surface area contributed by atoms with Gasteiger partial charge in [0.25, 0.3) is 0 Å². The number of ether oxygens (including phenoxy) is 2. The zero-order valence-electron chi connectivity index (χ0n) is 15.0. The Bertz CT molecular complexity index is 970. The maximum Gasteiger partial charge on any atom is 0.302 e. The maximum atomic E-state index is 10.8. The van der Waals surface area contributed by atoms with Crippen LogP contribution in [0.15, 0.2) is 48.7 Å². The van der Waals surface area contributed by atoms with Gasteiger partial charge in [0.15, 0.2) is 5.69 Å². The first kappa shape index (κ1) is 18.1. The predicted molar refractivity (Wildman–Crippen MR) is 98.4 cm³/mol.